The molecule has 4 nitrogen and oxygen atoms in total. The zero-order valence-corrected chi connectivity index (χ0v) is 12.4. The third-order valence-electron chi connectivity index (χ3n) is 2.69. The topological polar surface area (TPSA) is 43.1 Å². The number of halogens is 3. The Kier molecular flexibility index (Phi) is 3.62. The van der Waals surface area contributed by atoms with Gasteiger partial charge >= 0.3 is 6.18 Å². The summed E-state index contributed by atoms with van der Waals surface area (Å²) in [6, 6.07) is 0. The lowest BCUT2D eigenvalue weighted by atomic mass is 10.4. The average Bonchev–Trinajstić information content (AvgIpc) is 3.01. The van der Waals surface area contributed by atoms with Crippen LogP contribution in [-0.2, 0) is 11.9 Å². The van der Waals surface area contributed by atoms with Crippen LogP contribution in [0.2, 0.25) is 0 Å². The number of imidazole rings is 1. The summed E-state index contributed by atoms with van der Waals surface area (Å²) in [6.07, 6.45) is 2.30. The molecule has 21 heavy (non-hydrogen) atoms. The van der Waals surface area contributed by atoms with Crippen LogP contribution in [-0.4, -0.2) is 19.4 Å². The molecule has 0 saturated heterocycles. The Bertz CT molecular complexity index is 778. The monoisotopic (exact) mass is 330 g/mol. The van der Waals surface area contributed by atoms with E-state index in [-0.39, 0.29) is 10.6 Å². The van der Waals surface area contributed by atoms with Crippen molar-refractivity contribution in [2.45, 2.75) is 23.9 Å². The molecule has 3 heterocycles. The van der Waals surface area contributed by atoms with Crippen LogP contribution in [0.1, 0.15) is 15.6 Å². The molecule has 0 spiro atoms. The minimum absolute atomic E-state index is 0.167. The summed E-state index contributed by atoms with van der Waals surface area (Å²) in [5.41, 5.74) is -0.162. The third kappa shape index (κ3) is 2.88. The number of alkyl halides is 3. The molecule has 0 aliphatic rings. The van der Waals surface area contributed by atoms with Gasteiger partial charge in [-0.15, -0.1) is 11.3 Å². The van der Waals surface area contributed by atoms with E-state index in [0.29, 0.717) is 15.7 Å². The number of hydrogen-bond acceptors (Lipinski definition) is 5. The molecule has 3 rings (SSSR count). The van der Waals surface area contributed by atoms with Crippen LogP contribution >= 0.6 is 23.1 Å². The first-order valence-electron chi connectivity index (χ1n) is 5.89. The highest BCUT2D eigenvalue weighted by Crippen LogP contribution is 2.37. The molecule has 0 unspecified atom stereocenters. The van der Waals surface area contributed by atoms with Gasteiger partial charge < -0.3 is 4.40 Å². The van der Waals surface area contributed by atoms with E-state index in [4.69, 9.17) is 0 Å². The Morgan fingerprint density at radius 1 is 1.24 bits per heavy atom. The smallest absolute Gasteiger partial charge is 0.303 e. The maximum absolute atomic E-state index is 12.9. The van der Waals surface area contributed by atoms with Gasteiger partial charge in [0, 0.05) is 35.4 Å². The quantitative estimate of drug-likeness (QED) is 0.685. The number of thioether (sulfide) groups is 1. The van der Waals surface area contributed by atoms with Crippen LogP contribution < -0.4 is 0 Å². The van der Waals surface area contributed by atoms with Crippen molar-refractivity contribution in [2.24, 2.45) is 0 Å². The maximum Gasteiger partial charge on any atom is 0.434 e. The van der Waals surface area contributed by atoms with Crippen molar-refractivity contribution in [3.63, 3.8) is 0 Å². The molecule has 0 N–H and O–H groups in total. The van der Waals surface area contributed by atoms with Crippen LogP contribution in [0.4, 0.5) is 13.2 Å². The summed E-state index contributed by atoms with van der Waals surface area (Å²) in [6.45, 7) is 1.57. The van der Waals surface area contributed by atoms with Crippen molar-refractivity contribution in [2.75, 3.05) is 0 Å². The van der Waals surface area contributed by atoms with Crippen molar-refractivity contribution < 1.29 is 13.2 Å². The lowest BCUT2D eigenvalue weighted by Crippen LogP contribution is -2.08. The van der Waals surface area contributed by atoms with Crippen molar-refractivity contribution in [3.05, 3.63) is 40.4 Å². The summed E-state index contributed by atoms with van der Waals surface area (Å²) in [5, 5.41) is 1.01. The summed E-state index contributed by atoms with van der Waals surface area (Å²) in [5.74, 6) is 0.167. The molecule has 3 aromatic heterocycles. The van der Waals surface area contributed by atoms with E-state index < -0.39 is 11.9 Å². The normalized spacial score (nSPS) is 12.2. The van der Waals surface area contributed by atoms with E-state index in [1.807, 2.05) is 0 Å². The van der Waals surface area contributed by atoms with E-state index >= 15 is 0 Å². The van der Waals surface area contributed by atoms with Gasteiger partial charge in [0.25, 0.3) is 0 Å². The molecule has 0 aliphatic carbocycles. The minimum Gasteiger partial charge on any atom is -0.303 e. The zero-order valence-electron chi connectivity index (χ0n) is 10.8. The Balaban J connectivity index is 1.87. The zero-order chi connectivity index (χ0) is 15.0. The Morgan fingerprint density at radius 3 is 2.67 bits per heavy atom. The molecule has 0 bridgehead atoms. The molecule has 9 heteroatoms. The predicted molar refractivity (Wildman–Crippen MR) is 74.4 cm³/mol. The molecule has 0 amide bonds. The summed E-state index contributed by atoms with van der Waals surface area (Å²) >= 11 is 2.29. The molecule has 0 aliphatic heterocycles. The van der Waals surface area contributed by atoms with Crippen LogP contribution in [0.3, 0.4) is 0 Å². The number of nitrogens with zero attached hydrogens (tertiary/aromatic N) is 4. The number of fused-ring (bicyclic) bond motifs is 1. The van der Waals surface area contributed by atoms with Crippen molar-refractivity contribution in [1.82, 2.24) is 19.4 Å². The van der Waals surface area contributed by atoms with Crippen LogP contribution in [0, 0.1) is 6.92 Å². The Hall–Kier alpha value is -1.61. The molecular formula is C12H9F3N4S2. The standard InChI is InChI=1S/C12H9F3N4S2/c1-7-18-9(12(13,14)15)8(21-7)6-20-11-10-16-2-4-19(10)5-3-17-11/h2-5H,6H2,1H3. The van der Waals surface area contributed by atoms with Gasteiger partial charge in [0.15, 0.2) is 11.3 Å². The molecule has 0 saturated carbocycles. The highest BCUT2D eigenvalue weighted by molar-refractivity contribution is 7.98. The number of thiazole rings is 1. The van der Waals surface area contributed by atoms with Gasteiger partial charge in [0.05, 0.1) is 5.01 Å². The highest BCUT2D eigenvalue weighted by Gasteiger charge is 2.36. The third-order valence-corrected chi connectivity index (χ3v) is 4.84. The fraction of sp³-hybridized carbons (Fsp3) is 0.250. The van der Waals surface area contributed by atoms with E-state index in [1.54, 1.807) is 36.1 Å². The number of hydrogen-bond donors (Lipinski definition) is 0. The average molecular weight is 330 g/mol. The van der Waals surface area contributed by atoms with Crippen LogP contribution in [0.15, 0.2) is 29.8 Å². The van der Waals surface area contributed by atoms with Gasteiger partial charge in [-0.25, -0.2) is 15.0 Å². The lowest BCUT2D eigenvalue weighted by molar-refractivity contribution is -0.141. The van der Waals surface area contributed by atoms with Gasteiger partial charge in [-0.1, -0.05) is 11.8 Å². The van der Waals surface area contributed by atoms with E-state index in [1.165, 1.54) is 11.8 Å². The first kappa shape index (κ1) is 14.3. The number of rotatable bonds is 3. The SMILES string of the molecule is Cc1nc(C(F)(F)F)c(CSc2nccn3ccnc23)s1. The molecule has 110 valence electrons. The van der Waals surface area contributed by atoms with E-state index in [2.05, 4.69) is 15.0 Å². The second kappa shape index (κ2) is 5.30. The van der Waals surface area contributed by atoms with Gasteiger partial charge in [-0.2, -0.15) is 13.2 Å². The minimum atomic E-state index is -4.42. The summed E-state index contributed by atoms with van der Waals surface area (Å²) in [4.78, 5) is 12.1. The van der Waals surface area contributed by atoms with Gasteiger partial charge in [0.1, 0.15) is 5.03 Å². The molecule has 0 aromatic carbocycles. The molecule has 0 fully saturated rings. The number of aryl methyl sites for hydroxylation is 1. The van der Waals surface area contributed by atoms with E-state index in [9.17, 15) is 13.2 Å². The fourth-order valence-corrected chi connectivity index (χ4v) is 3.85. The summed E-state index contributed by atoms with van der Waals surface area (Å²) < 4.78 is 40.5. The van der Waals surface area contributed by atoms with E-state index in [0.717, 1.165) is 11.3 Å². The van der Waals surface area contributed by atoms with Gasteiger partial charge in [0.2, 0.25) is 0 Å². The molecule has 0 atom stereocenters. The van der Waals surface area contributed by atoms with Crippen LogP contribution in [0.5, 0.6) is 0 Å². The lowest BCUT2D eigenvalue weighted by Gasteiger charge is -2.06. The Morgan fingerprint density at radius 2 is 1.95 bits per heavy atom. The largest absolute Gasteiger partial charge is 0.434 e. The maximum atomic E-state index is 12.9. The molecule has 0 radical (unpaired) electrons. The van der Waals surface area contributed by atoms with Crippen molar-refractivity contribution >= 4 is 28.7 Å². The van der Waals surface area contributed by atoms with Crippen molar-refractivity contribution in [1.29, 1.82) is 0 Å². The van der Waals surface area contributed by atoms with Crippen LogP contribution in [0.25, 0.3) is 5.65 Å². The molecular weight excluding hydrogens is 321 g/mol. The van der Waals surface area contributed by atoms with Crippen molar-refractivity contribution in [3.8, 4) is 0 Å². The first-order valence-corrected chi connectivity index (χ1v) is 7.69. The van der Waals surface area contributed by atoms with Gasteiger partial charge in [-0.05, 0) is 6.92 Å². The fourth-order valence-electron chi connectivity index (χ4n) is 1.85. The predicted octanol–water partition coefficient (Wildman–Crippen LogP) is 3.81. The van der Waals surface area contributed by atoms with Gasteiger partial charge in [-0.3, -0.25) is 0 Å². The second-order valence-corrected chi connectivity index (χ2v) is 6.43. The second-order valence-electron chi connectivity index (χ2n) is 4.18. The summed E-state index contributed by atoms with van der Waals surface area (Å²) in [7, 11) is 0. The highest BCUT2D eigenvalue weighted by atomic mass is 32.2. The first-order chi connectivity index (χ1) is 9.95. The Labute approximate surface area is 126 Å². The number of aromatic nitrogens is 4. The molecule has 3 aromatic rings.